The van der Waals surface area contributed by atoms with Gasteiger partial charge in [-0.1, -0.05) is 12.7 Å². The highest BCUT2D eigenvalue weighted by Gasteiger charge is 1.90. The van der Waals surface area contributed by atoms with E-state index >= 15 is 0 Å². The van der Waals surface area contributed by atoms with Crippen molar-refractivity contribution >= 4 is 6.08 Å². The van der Waals surface area contributed by atoms with Crippen molar-refractivity contribution in [1.82, 2.24) is 9.78 Å². The highest BCUT2D eigenvalue weighted by Crippen LogP contribution is 1.97. The third-order valence-corrected chi connectivity index (χ3v) is 1.12. The molecule has 3 heteroatoms. The van der Waals surface area contributed by atoms with E-state index < -0.39 is 0 Å². The summed E-state index contributed by atoms with van der Waals surface area (Å²) in [6.07, 6.45) is 5.14. The van der Waals surface area contributed by atoms with Gasteiger partial charge in [-0.3, -0.25) is 4.68 Å². The Morgan fingerprint density at radius 3 is 3.20 bits per heavy atom. The lowest BCUT2D eigenvalue weighted by Gasteiger charge is -1.86. The van der Waals surface area contributed by atoms with Crippen molar-refractivity contribution in [2.75, 3.05) is 0 Å². The fourth-order valence-electron chi connectivity index (χ4n) is 0.644. The molecule has 1 heterocycles. The molecule has 0 saturated carbocycles. The number of rotatable bonds is 2. The molecule has 0 aliphatic heterocycles. The van der Waals surface area contributed by atoms with Gasteiger partial charge in [-0.2, -0.15) is 10.4 Å². The molecule has 50 valence electrons. The summed E-state index contributed by atoms with van der Waals surface area (Å²) < 4.78 is 1.57. The molecule has 1 aromatic heterocycles. The summed E-state index contributed by atoms with van der Waals surface area (Å²) in [7, 11) is 0. The minimum absolute atomic E-state index is 0.299. The van der Waals surface area contributed by atoms with Gasteiger partial charge in [0.25, 0.3) is 0 Å². The van der Waals surface area contributed by atoms with Crippen LogP contribution in [0.2, 0.25) is 0 Å². The minimum atomic E-state index is 0.299. The second kappa shape index (κ2) is 2.83. The van der Waals surface area contributed by atoms with E-state index in [4.69, 9.17) is 5.26 Å². The van der Waals surface area contributed by atoms with E-state index in [0.29, 0.717) is 6.54 Å². The van der Waals surface area contributed by atoms with Crippen LogP contribution in [0.4, 0.5) is 0 Å². The summed E-state index contributed by atoms with van der Waals surface area (Å²) in [6, 6.07) is 1.99. The molecular formula is C7H7N3. The fourth-order valence-corrected chi connectivity index (χ4v) is 0.644. The van der Waals surface area contributed by atoms with Crippen molar-refractivity contribution in [3.8, 4) is 6.07 Å². The number of hydrogen-bond acceptors (Lipinski definition) is 2. The smallest absolute Gasteiger partial charge is 0.128 e. The van der Waals surface area contributed by atoms with Crippen LogP contribution in [-0.2, 0) is 6.54 Å². The second-order valence-corrected chi connectivity index (χ2v) is 1.83. The third kappa shape index (κ3) is 1.23. The van der Waals surface area contributed by atoms with Gasteiger partial charge in [0.1, 0.15) is 6.54 Å². The standard InChI is InChI=1S/C7H7N3/c1-2-7-5-9-10(6-7)4-3-8/h2,5-6H,1,4H2. The lowest BCUT2D eigenvalue weighted by molar-refractivity contribution is 0.710. The summed E-state index contributed by atoms with van der Waals surface area (Å²) in [6.45, 7) is 3.87. The van der Waals surface area contributed by atoms with Crippen LogP contribution < -0.4 is 0 Å². The molecule has 10 heavy (non-hydrogen) atoms. The van der Waals surface area contributed by atoms with E-state index in [9.17, 15) is 0 Å². The van der Waals surface area contributed by atoms with Gasteiger partial charge in [0.15, 0.2) is 0 Å². The first-order valence-corrected chi connectivity index (χ1v) is 2.88. The van der Waals surface area contributed by atoms with Crippen molar-refractivity contribution in [2.45, 2.75) is 6.54 Å². The molecule has 0 aliphatic rings. The Morgan fingerprint density at radius 1 is 1.90 bits per heavy atom. The number of nitriles is 1. The van der Waals surface area contributed by atoms with E-state index in [1.54, 1.807) is 23.2 Å². The maximum absolute atomic E-state index is 8.26. The topological polar surface area (TPSA) is 41.6 Å². The molecule has 1 aromatic rings. The Balaban J connectivity index is 2.80. The largest absolute Gasteiger partial charge is 0.258 e. The van der Waals surface area contributed by atoms with Gasteiger partial charge < -0.3 is 0 Å². The summed E-state index contributed by atoms with van der Waals surface area (Å²) in [5.74, 6) is 0. The van der Waals surface area contributed by atoms with Crippen LogP contribution in [0.15, 0.2) is 19.0 Å². The van der Waals surface area contributed by atoms with E-state index in [0.717, 1.165) is 5.56 Å². The fraction of sp³-hybridized carbons (Fsp3) is 0.143. The van der Waals surface area contributed by atoms with Crippen LogP contribution >= 0.6 is 0 Å². The molecule has 0 fully saturated rings. The lowest BCUT2D eigenvalue weighted by Crippen LogP contribution is -1.93. The van der Waals surface area contributed by atoms with Crippen LogP contribution in [0.5, 0.6) is 0 Å². The Labute approximate surface area is 59.2 Å². The molecule has 0 unspecified atom stereocenters. The van der Waals surface area contributed by atoms with Crippen LogP contribution in [0.25, 0.3) is 6.08 Å². The molecule has 0 saturated heterocycles. The van der Waals surface area contributed by atoms with Crippen LogP contribution in [0.1, 0.15) is 5.56 Å². The molecule has 0 N–H and O–H groups in total. The zero-order chi connectivity index (χ0) is 7.40. The van der Waals surface area contributed by atoms with E-state index in [-0.39, 0.29) is 0 Å². The first-order chi connectivity index (χ1) is 4.86. The summed E-state index contributed by atoms with van der Waals surface area (Å²) >= 11 is 0. The maximum Gasteiger partial charge on any atom is 0.128 e. The SMILES string of the molecule is C=Cc1cnn(CC#N)c1. The molecule has 0 amide bonds. The van der Waals surface area contributed by atoms with Crippen molar-refractivity contribution in [1.29, 1.82) is 5.26 Å². The predicted octanol–water partition coefficient (Wildman–Crippen LogP) is 1.05. The summed E-state index contributed by atoms with van der Waals surface area (Å²) in [5.41, 5.74) is 0.940. The zero-order valence-electron chi connectivity index (χ0n) is 5.49. The first kappa shape index (κ1) is 6.56. The van der Waals surface area contributed by atoms with Gasteiger partial charge in [-0.05, 0) is 0 Å². The summed E-state index contributed by atoms with van der Waals surface area (Å²) in [4.78, 5) is 0. The number of nitrogens with zero attached hydrogens (tertiary/aromatic N) is 3. The molecule has 0 bridgehead atoms. The first-order valence-electron chi connectivity index (χ1n) is 2.88. The highest BCUT2D eigenvalue weighted by atomic mass is 15.3. The average molecular weight is 133 g/mol. The number of hydrogen-bond donors (Lipinski definition) is 0. The second-order valence-electron chi connectivity index (χ2n) is 1.83. The molecule has 0 aromatic carbocycles. The van der Waals surface area contributed by atoms with Gasteiger partial charge in [0, 0.05) is 11.8 Å². The van der Waals surface area contributed by atoms with Crippen LogP contribution in [0, 0.1) is 11.3 Å². The Kier molecular flexibility index (Phi) is 1.86. The zero-order valence-corrected chi connectivity index (χ0v) is 5.49. The molecule has 0 atom stereocenters. The Bertz CT molecular complexity index is 267. The monoisotopic (exact) mass is 133 g/mol. The van der Waals surface area contributed by atoms with Crippen molar-refractivity contribution in [2.24, 2.45) is 0 Å². The molecule has 3 nitrogen and oxygen atoms in total. The maximum atomic E-state index is 8.26. The normalized spacial score (nSPS) is 8.70. The molecule has 0 spiro atoms. The van der Waals surface area contributed by atoms with Gasteiger partial charge in [-0.25, -0.2) is 0 Å². The van der Waals surface area contributed by atoms with E-state index in [2.05, 4.69) is 11.7 Å². The quantitative estimate of drug-likeness (QED) is 0.605. The van der Waals surface area contributed by atoms with E-state index in [1.165, 1.54) is 0 Å². The minimum Gasteiger partial charge on any atom is -0.258 e. The van der Waals surface area contributed by atoms with Crippen molar-refractivity contribution < 1.29 is 0 Å². The molecule has 0 radical (unpaired) electrons. The van der Waals surface area contributed by atoms with Gasteiger partial charge >= 0.3 is 0 Å². The van der Waals surface area contributed by atoms with Crippen LogP contribution in [-0.4, -0.2) is 9.78 Å². The van der Waals surface area contributed by atoms with E-state index in [1.807, 2.05) is 6.07 Å². The lowest BCUT2D eigenvalue weighted by atomic mass is 10.4. The summed E-state index contributed by atoms with van der Waals surface area (Å²) in [5, 5.41) is 12.2. The third-order valence-electron chi connectivity index (χ3n) is 1.12. The average Bonchev–Trinajstić information content (AvgIpc) is 2.37. The molecule has 1 rings (SSSR count). The Hall–Kier alpha value is -1.56. The molecule has 0 aliphatic carbocycles. The van der Waals surface area contributed by atoms with Gasteiger partial charge in [0.05, 0.1) is 12.3 Å². The van der Waals surface area contributed by atoms with Gasteiger partial charge in [0.2, 0.25) is 0 Å². The predicted molar refractivity (Wildman–Crippen MR) is 37.9 cm³/mol. The van der Waals surface area contributed by atoms with Crippen LogP contribution in [0.3, 0.4) is 0 Å². The van der Waals surface area contributed by atoms with Crippen molar-refractivity contribution in [3.63, 3.8) is 0 Å². The Morgan fingerprint density at radius 2 is 2.70 bits per heavy atom. The molecular weight excluding hydrogens is 126 g/mol. The number of aromatic nitrogens is 2. The van der Waals surface area contributed by atoms with Crippen molar-refractivity contribution in [3.05, 3.63) is 24.5 Å². The highest BCUT2D eigenvalue weighted by molar-refractivity contribution is 5.43. The van der Waals surface area contributed by atoms with Gasteiger partial charge in [-0.15, -0.1) is 0 Å².